The molecule has 2 rings (SSSR count). The van der Waals surface area contributed by atoms with Gasteiger partial charge in [-0.25, -0.2) is 4.79 Å². The van der Waals surface area contributed by atoms with E-state index in [-0.39, 0.29) is 38.2 Å². The highest BCUT2D eigenvalue weighted by Crippen LogP contribution is 2.11. The summed E-state index contributed by atoms with van der Waals surface area (Å²) >= 11 is 0. The fraction of sp³-hybridized carbons (Fsp3) is 0.467. The number of carboxylic acids is 1. The first kappa shape index (κ1) is 25.0. The predicted octanol–water partition coefficient (Wildman–Crippen LogP) is 0.115. The van der Waals surface area contributed by atoms with Crippen molar-refractivity contribution in [1.29, 1.82) is 0 Å². The number of carboxylic acid groups (broad SMARTS) is 1. The number of nitrogens with zero attached hydrogens (tertiary/aromatic N) is 2. The highest BCUT2D eigenvalue weighted by Gasteiger charge is 2.31. The zero-order valence-electron chi connectivity index (χ0n) is 14.6. The van der Waals surface area contributed by atoms with Gasteiger partial charge < -0.3 is 9.94 Å². The first-order valence-corrected chi connectivity index (χ1v) is 6.63. The molecule has 146 valence electrons. The molecule has 11 nitrogen and oxygen atoms in total. The van der Waals surface area contributed by atoms with Gasteiger partial charge in [-0.05, 0) is 0 Å². The maximum Gasteiger partial charge on any atom is 0.330 e. The number of hydrogen-bond acceptors (Lipinski definition) is 8. The molecule has 11 heteroatoms. The number of carbonyl (C=O) groups is 6. The van der Waals surface area contributed by atoms with Crippen LogP contribution >= 0.6 is 0 Å². The van der Waals surface area contributed by atoms with Crippen LogP contribution in [-0.2, 0) is 33.6 Å². The minimum Gasteiger partial charge on any atom is -0.481 e. The van der Waals surface area contributed by atoms with Crippen LogP contribution in [-0.4, -0.2) is 56.0 Å². The van der Waals surface area contributed by atoms with Crippen molar-refractivity contribution in [2.24, 2.45) is 0 Å². The largest absolute Gasteiger partial charge is 0.481 e. The molecular formula is C15H22N2O9. The number of carbonyl (C=O) groups excluding carboxylic acids is 5. The van der Waals surface area contributed by atoms with Crippen LogP contribution in [0.1, 0.15) is 48.3 Å². The molecule has 2 fully saturated rings. The highest BCUT2D eigenvalue weighted by atomic mass is 16.7. The van der Waals surface area contributed by atoms with E-state index in [0.29, 0.717) is 5.06 Å². The van der Waals surface area contributed by atoms with Crippen molar-refractivity contribution in [3.8, 4) is 12.8 Å². The quantitative estimate of drug-likeness (QED) is 0.368. The number of rotatable bonds is 1. The van der Waals surface area contributed by atoms with Crippen LogP contribution in [0, 0.1) is 12.8 Å². The Morgan fingerprint density at radius 2 is 1.27 bits per heavy atom. The standard InChI is InChI=1S/C6H7NO4.C4H5NO3.C2H4O2.C2H2.CH4/c1-4(8)11-7-5(9)2-3-6(7)10;6-3-1-2-4(7)5(3)8;1-2(3)4;1-2;/h2-3H2,1H3;8H,1-2H2;1H3,(H,3,4);1-2H;1H4/i;;;1D;. The Labute approximate surface area is 151 Å². The molecule has 2 aliphatic heterocycles. The van der Waals surface area contributed by atoms with Crippen LogP contribution in [0.5, 0.6) is 0 Å². The number of hydrogen-bond donors (Lipinski definition) is 2. The van der Waals surface area contributed by atoms with Gasteiger partial charge in [0.2, 0.25) is 0 Å². The van der Waals surface area contributed by atoms with Gasteiger partial charge in [0.1, 0.15) is 1.37 Å². The third-order valence-corrected chi connectivity index (χ3v) is 2.25. The van der Waals surface area contributed by atoms with Gasteiger partial charge in [0.15, 0.2) is 0 Å². The Kier molecular flexibility index (Phi) is 13.6. The van der Waals surface area contributed by atoms with Crippen molar-refractivity contribution in [2.45, 2.75) is 47.0 Å². The van der Waals surface area contributed by atoms with Gasteiger partial charge in [0.05, 0.1) is 0 Å². The molecule has 2 N–H and O–H groups in total. The molecule has 0 radical (unpaired) electrons. The highest BCUT2D eigenvalue weighted by molar-refractivity contribution is 6.01. The topological polar surface area (TPSA) is 159 Å². The SMILES string of the molecule is C.CC(=O)O.CC(=O)ON1C(=O)CCC1=O.O=C1CCC(=O)N1O.[2H]C#C. The Morgan fingerprint density at radius 3 is 1.46 bits per heavy atom. The summed E-state index contributed by atoms with van der Waals surface area (Å²) in [6, 6.07) is 0. The Bertz CT molecular complexity index is 577. The molecule has 2 saturated heterocycles. The van der Waals surface area contributed by atoms with Crippen molar-refractivity contribution in [3.63, 3.8) is 0 Å². The smallest absolute Gasteiger partial charge is 0.330 e. The summed E-state index contributed by atoms with van der Waals surface area (Å²) in [6.07, 6.45) is 6.32. The molecule has 2 heterocycles. The monoisotopic (exact) mass is 375 g/mol. The minimum absolute atomic E-state index is 0. The minimum atomic E-state index is -0.833. The van der Waals surface area contributed by atoms with Crippen LogP contribution in [0.3, 0.4) is 0 Å². The lowest BCUT2D eigenvalue weighted by Gasteiger charge is -2.09. The Hall–Kier alpha value is -3.26. The number of amides is 4. The number of terminal acetylenes is 1. The molecule has 2 aliphatic rings. The van der Waals surface area contributed by atoms with Crippen LogP contribution in [0.15, 0.2) is 0 Å². The third-order valence-electron chi connectivity index (χ3n) is 2.25. The maximum absolute atomic E-state index is 10.7. The lowest BCUT2D eigenvalue weighted by Crippen LogP contribution is -2.30. The predicted molar refractivity (Wildman–Crippen MR) is 85.7 cm³/mol. The molecule has 0 spiro atoms. The zero-order valence-corrected chi connectivity index (χ0v) is 13.6. The average Bonchev–Trinajstić information content (AvgIpc) is 2.98. The van der Waals surface area contributed by atoms with E-state index in [9.17, 15) is 24.0 Å². The van der Waals surface area contributed by atoms with E-state index >= 15 is 0 Å². The molecule has 4 amide bonds. The second-order valence-corrected chi connectivity index (χ2v) is 4.28. The van der Waals surface area contributed by atoms with E-state index in [4.69, 9.17) is 16.5 Å². The fourth-order valence-corrected chi connectivity index (χ4v) is 1.35. The van der Waals surface area contributed by atoms with Crippen molar-refractivity contribution < 1.29 is 45.3 Å². The van der Waals surface area contributed by atoms with Crippen LogP contribution in [0.25, 0.3) is 0 Å². The lowest BCUT2D eigenvalue weighted by atomic mass is 10.4. The lowest BCUT2D eigenvalue weighted by molar-refractivity contribution is -0.195. The van der Waals surface area contributed by atoms with E-state index in [0.717, 1.165) is 13.8 Å². The Morgan fingerprint density at radius 1 is 1.00 bits per heavy atom. The molecular weight excluding hydrogens is 352 g/mol. The van der Waals surface area contributed by atoms with E-state index in [1.165, 1.54) is 6.40 Å². The summed E-state index contributed by atoms with van der Waals surface area (Å²) in [6.45, 7) is 2.22. The second kappa shape index (κ2) is 14.1. The summed E-state index contributed by atoms with van der Waals surface area (Å²) in [5.74, 6) is -3.41. The first-order valence-electron chi connectivity index (χ1n) is 7.13. The van der Waals surface area contributed by atoms with Crippen LogP contribution in [0.2, 0.25) is 0 Å². The van der Waals surface area contributed by atoms with Gasteiger partial charge in [0, 0.05) is 39.5 Å². The van der Waals surface area contributed by atoms with Gasteiger partial charge in [0.25, 0.3) is 29.6 Å². The second-order valence-electron chi connectivity index (χ2n) is 4.28. The molecule has 0 bridgehead atoms. The van der Waals surface area contributed by atoms with Gasteiger partial charge >= 0.3 is 5.97 Å². The van der Waals surface area contributed by atoms with E-state index in [1.807, 2.05) is 0 Å². The summed E-state index contributed by atoms with van der Waals surface area (Å²) in [4.78, 5) is 65.6. The van der Waals surface area contributed by atoms with Gasteiger partial charge in [-0.2, -0.15) is 5.06 Å². The molecule has 0 aromatic carbocycles. The Balaban J connectivity index is -0.000000317. The van der Waals surface area contributed by atoms with Crippen LogP contribution in [0.4, 0.5) is 0 Å². The summed E-state index contributed by atoms with van der Waals surface area (Å²) in [5.41, 5.74) is 0. The molecule has 0 aromatic heterocycles. The van der Waals surface area contributed by atoms with Crippen molar-refractivity contribution in [1.82, 2.24) is 10.1 Å². The van der Waals surface area contributed by atoms with Gasteiger partial charge in [-0.15, -0.1) is 17.9 Å². The molecule has 0 unspecified atom stereocenters. The fourth-order valence-electron chi connectivity index (χ4n) is 1.35. The maximum atomic E-state index is 10.7. The first-order chi connectivity index (χ1) is 12.0. The van der Waals surface area contributed by atoms with Gasteiger partial charge in [-0.1, -0.05) is 7.43 Å². The van der Waals surface area contributed by atoms with E-state index in [1.54, 1.807) is 0 Å². The van der Waals surface area contributed by atoms with Crippen LogP contribution < -0.4 is 0 Å². The zero-order chi connectivity index (χ0) is 20.9. The number of imide groups is 2. The van der Waals surface area contributed by atoms with Crippen molar-refractivity contribution in [2.75, 3.05) is 0 Å². The molecule has 26 heavy (non-hydrogen) atoms. The molecule has 0 saturated carbocycles. The summed E-state index contributed by atoms with van der Waals surface area (Å²) in [5, 5.41) is 16.5. The third kappa shape index (κ3) is 11.3. The summed E-state index contributed by atoms with van der Waals surface area (Å²) < 4.78 is 5.74. The molecule has 0 aromatic rings. The van der Waals surface area contributed by atoms with Crippen molar-refractivity contribution in [3.05, 3.63) is 0 Å². The molecule has 0 aliphatic carbocycles. The van der Waals surface area contributed by atoms with Crippen molar-refractivity contribution >= 4 is 35.6 Å². The number of hydroxylamine groups is 4. The average molecular weight is 375 g/mol. The van der Waals surface area contributed by atoms with E-state index < -0.39 is 35.6 Å². The normalized spacial score (nSPS) is 14.9. The number of aliphatic carboxylic acids is 1. The van der Waals surface area contributed by atoms with E-state index in [2.05, 4.69) is 11.3 Å². The summed E-state index contributed by atoms with van der Waals surface area (Å²) in [7, 11) is 0. The van der Waals surface area contributed by atoms with Gasteiger partial charge in [-0.3, -0.25) is 29.2 Å². The molecule has 0 atom stereocenters.